The summed E-state index contributed by atoms with van der Waals surface area (Å²) in [5.41, 5.74) is 7.20. The number of aliphatic carboxylic acids is 1. The van der Waals surface area contributed by atoms with Gasteiger partial charge in [-0.1, -0.05) is 12.1 Å². The Kier molecular flexibility index (Phi) is 3.42. The van der Waals surface area contributed by atoms with Crippen molar-refractivity contribution in [2.24, 2.45) is 5.73 Å². The van der Waals surface area contributed by atoms with Crippen LogP contribution in [0.15, 0.2) is 12.1 Å². The van der Waals surface area contributed by atoms with Crippen LogP contribution < -0.4 is 5.73 Å². The molecule has 0 aromatic heterocycles. The Morgan fingerprint density at radius 2 is 2.13 bits per heavy atom. The monoisotopic (exact) mass is 211 g/mol. The molecular formula is C11H14FNO2. The zero-order chi connectivity index (χ0) is 11.6. The number of carbonyl (C=O) groups is 1. The second-order valence-electron chi connectivity index (χ2n) is 3.62. The maximum absolute atomic E-state index is 13.5. The minimum atomic E-state index is -0.983. The van der Waals surface area contributed by atoms with Gasteiger partial charge in [-0.3, -0.25) is 4.79 Å². The third-order valence-electron chi connectivity index (χ3n) is 2.42. The van der Waals surface area contributed by atoms with Crippen molar-refractivity contribution in [2.75, 3.05) is 0 Å². The maximum atomic E-state index is 13.5. The van der Waals surface area contributed by atoms with E-state index in [9.17, 15) is 9.18 Å². The first-order valence-corrected chi connectivity index (χ1v) is 4.66. The predicted octanol–water partition coefficient (Wildman–Crippen LogP) is 1.92. The highest BCUT2D eigenvalue weighted by atomic mass is 19.1. The van der Waals surface area contributed by atoms with Crippen LogP contribution in [0.1, 0.15) is 29.2 Å². The van der Waals surface area contributed by atoms with Gasteiger partial charge >= 0.3 is 5.97 Å². The van der Waals surface area contributed by atoms with E-state index in [1.54, 1.807) is 26.0 Å². The molecule has 0 amide bonds. The Balaban J connectivity index is 3.05. The summed E-state index contributed by atoms with van der Waals surface area (Å²) in [4.78, 5) is 10.5. The van der Waals surface area contributed by atoms with E-state index < -0.39 is 12.0 Å². The second kappa shape index (κ2) is 4.40. The molecule has 1 aromatic rings. The van der Waals surface area contributed by atoms with Crippen LogP contribution in [0, 0.1) is 19.7 Å². The molecule has 1 rings (SSSR count). The molecule has 15 heavy (non-hydrogen) atoms. The van der Waals surface area contributed by atoms with Crippen molar-refractivity contribution in [3.63, 3.8) is 0 Å². The summed E-state index contributed by atoms with van der Waals surface area (Å²) in [6, 6.07) is 2.64. The van der Waals surface area contributed by atoms with Crippen molar-refractivity contribution >= 4 is 5.97 Å². The van der Waals surface area contributed by atoms with E-state index >= 15 is 0 Å². The van der Waals surface area contributed by atoms with Crippen LogP contribution in [0.3, 0.4) is 0 Å². The molecule has 0 aliphatic carbocycles. The number of hydrogen-bond donors (Lipinski definition) is 2. The third kappa shape index (κ3) is 2.53. The number of carboxylic acid groups (broad SMARTS) is 1. The van der Waals surface area contributed by atoms with Crippen LogP contribution in [0.2, 0.25) is 0 Å². The van der Waals surface area contributed by atoms with Gasteiger partial charge in [0.2, 0.25) is 0 Å². The quantitative estimate of drug-likeness (QED) is 0.802. The van der Waals surface area contributed by atoms with Crippen molar-refractivity contribution in [2.45, 2.75) is 26.3 Å². The van der Waals surface area contributed by atoms with Crippen LogP contribution in [0.4, 0.5) is 4.39 Å². The van der Waals surface area contributed by atoms with Gasteiger partial charge in [-0.15, -0.1) is 0 Å². The molecule has 0 aliphatic rings. The van der Waals surface area contributed by atoms with Crippen molar-refractivity contribution < 1.29 is 14.3 Å². The predicted molar refractivity (Wildman–Crippen MR) is 55.1 cm³/mol. The second-order valence-corrected chi connectivity index (χ2v) is 3.62. The van der Waals surface area contributed by atoms with Crippen molar-refractivity contribution in [3.8, 4) is 0 Å². The molecule has 3 N–H and O–H groups in total. The Labute approximate surface area is 87.7 Å². The normalized spacial score (nSPS) is 12.5. The molecule has 1 unspecified atom stereocenters. The topological polar surface area (TPSA) is 63.3 Å². The van der Waals surface area contributed by atoms with Gasteiger partial charge in [-0.25, -0.2) is 4.39 Å². The zero-order valence-electron chi connectivity index (χ0n) is 8.75. The summed E-state index contributed by atoms with van der Waals surface area (Å²) in [5.74, 6) is -1.30. The SMILES string of the molecule is Cc1ccc(C(N)CC(=O)O)c(C)c1F. The number of aryl methyl sites for hydroxylation is 1. The molecule has 1 atom stereocenters. The largest absolute Gasteiger partial charge is 0.481 e. The first-order valence-electron chi connectivity index (χ1n) is 4.66. The van der Waals surface area contributed by atoms with Crippen LogP contribution >= 0.6 is 0 Å². The lowest BCUT2D eigenvalue weighted by molar-refractivity contribution is -0.137. The lowest BCUT2D eigenvalue weighted by atomic mass is 9.97. The molecule has 0 radical (unpaired) electrons. The standard InChI is InChI=1S/C11H14FNO2/c1-6-3-4-8(7(2)11(6)12)9(13)5-10(14)15/h3-4,9H,5,13H2,1-2H3,(H,14,15). The third-order valence-corrected chi connectivity index (χ3v) is 2.42. The number of nitrogens with two attached hydrogens (primary N) is 1. The summed E-state index contributed by atoms with van der Waals surface area (Å²) in [6.07, 6.45) is -0.191. The van der Waals surface area contributed by atoms with Crippen LogP contribution in [0.25, 0.3) is 0 Å². The fourth-order valence-electron chi connectivity index (χ4n) is 1.54. The first kappa shape index (κ1) is 11.7. The summed E-state index contributed by atoms with van der Waals surface area (Å²) in [5, 5.41) is 8.59. The molecule has 82 valence electrons. The molecule has 3 nitrogen and oxygen atoms in total. The fourth-order valence-corrected chi connectivity index (χ4v) is 1.54. The van der Waals surface area contributed by atoms with E-state index in [1.807, 2.05) is 0 Å². The Morgan fingerprint density at radius 1 is 1.53 bits per heavy atom. The molecule has 0 heterocycles. The minimum absolute atomic E-state index is 0.191. The number of rotatable bonds is 3. The van der Waals surface area contributed by atoms with Gasteiger partial charge in [-0.05, 0) is 30.5 Å². The van der Waals surface area contributed by atoms with E-state index in [0.717, 1.165) is 0 Å². The number of carboxylic acids is 1. The van der Waals surface area contributed by atoms with Gasteiger partial charge in [0.15, 0.2) is 0 Å². The zero-order valence-corrected chi connectivity index (χ0v) is 8.75. The van der Waals surface area contributed by atoms with Crippen LogP contribution in [-0.2, 0) is 4.79 Å². The molecule has 0 fully saturated rings. The lowest BCUT2D eigenvalue weighted by Crippen LogP contribution is -2.16. The highest BCUT2D eigenvalue weighted by molar-refractivity contribution is 5.68. The van der Waals surface area contributed by atoms with Gasteiger partial charge < -0.3 is 10.8 Å². The van der Waals surface area contributed by atoms with E-state index in [-0.39, 0.29) is 12.2 Å². The molecule has 0 saturated heterocycles. The van der Waals surface area contributed by atoms with Crippen molar-refractivity contribution in [1.82, 2.24) is 0 Å². The fraction of sp³-hybridized carbons (Fsp3) is 0.364. The van der Waals surface area contributed by atoms with Gasteiger partial charge in [0.25, 0.3) is 0 Å². The minimum Gasteiger partial charge on any atom is -0.481 e. The molecule has 4 heteroatoms. The number of hydrogen-bond acceptors (Lipinski definition) is 2. The van der Waals surface area contributed by atoms with Crippen LogP contribution in [-0.4, -0.2) is 11.1 Å². The average Bonchev–Trinajstić information content (AvgIpc) is 2.13. The Morgan fingerprint density at radius 3 is 2.67 bits per heavy atom. The van der Waals surface area contributed by atoms with Crippen molar-refractivity contribution in [3.05, 3.63) is 34.6 Å². The summed E-state index contributed by atoms with van der Waals surface area (Å²) >= 11 is 0. The average molecular weight is 211 g/mol. The van der Waals surface area contributed by atoms with Crippen LogP contribution in [0.5, 0.6) is 0 Å². The summed E-state index contributed by atoms with van der Waals surface area (Å²) in [6.45, 7) is 3.27. The first-order chi connectivity index (χ1) is 6.93. The van der Waals surface area contributed by atoms with Gasteiger partial charge in [0.05, 0.1) is 6.42 Å². The highest BCUT2D eigenvalue weighted by Crippen LogP contribution is 2.22. The number of benzene rings is 1. The lowest BCUT2D eigenvalue weighted by Gasteiger charge is -2.14. The highest BCUT2D eigenvalue weighted by Gasteiger charge is 2.15. The van der Waals surface area contributed by atoms with Gasteiger partial charge in [0, 0.05) is 6.04 Å². The van der Waals surface area contributed by atoms with Gasteiger partial charge in [0.1, 0.15) is 5.82 Å². The Hall–Kier alpha value is -1.42. The van der Waals surface area contributed by atoms with Crippen molar-refractivity contribution in [1.29, 1.82) is 0 Å². The van der Waals surface area contributed by atoms with E-state index in [4.69, 9.17) is 10.8 Å². The van der Waals surface area contributed by atoms with E-state index in [2.05, 4.69) is 0 Å². The molecule has 0 aliphatic heterocycles. The number of halogens is 1. The molecule has 0 bridgehead atoms. The maximum Gasteiger partial charge on any atom is 0.305 e. The van der Waals surface area contributed by atoms with E-state index in [0.29, 0.717) is 16.7 Å². The molecule has 0 saturated carbocycles. The smallest absolute Gasteiger partial charge is 0.305 e. The summed E-state index contributed by atoms with van der Waals surface area (Å²) < 4.78 is 13.5. The summed E-state index contributed by atoms with van der Waals surface area (Å²) in [7, 11) is 0. The van der Waals surface area contributed by atoms with Gasteiger partial charge in [-0.2, -0.15) is 0 Å². The van der Waals surface area contributed by atoms with E-state index in [1.165, 1.54) is 0 Å². The molecular weight excluding hydrogens is 197 g/mol. The molecule has 0 spiro atoms. The molecule has 1 aromatic carbocycles. The Bertz CT molecular complexity index is 390.